The zero-order chi connectivity index (χ0) is 16.0. The molecule has 1 unspecified atom stereocenters. The van der Waals surface area contributed by atoms with E-state index < -0.39 is 11.7 Å². The normalized spacial score (nSPS) is 13.2. The van der Waals surface area contributed by atoms with E-state index in [4.69, 9.17) is 4.74 Å². The molecule has 0 radical (unpaired) electrons. The van der Waals surface area contributed by atoms with Crippen LogP contribution < -0.4 is 0 Å². The van der Waals surface area contributed by atoms with Gasteiger partial charge in [0.05, 0.1) is 6.54 Å². The van der Waals surface area contributed by atoms with Gasteiger partial charge in [0.2, 0.25) is 0 Å². The minimum absolute atomic E-state index is 0.157. The van der Waals surface area contributed by atoms with Crippen molar-refractivity contribution in [2.45, 2.75) is 19.1 Å². The fraction of sp³-hybridized carbons (Fsp3) is 0.278. The minimum atomic E-state index is -1.12. The van der Waals surface area contributed by atoms with Crippen LogP contribution in [0.2, 0.25) is 0 Å². The summed E-state index contributed by atoms with van der Waals surface area (Å²) in [6.45, 7) is 2.06. The molecule has 0 spiro atoms. The Bertz CT molecular complexity index is 596. The molecule has 2 aromatic carbocycles. The molecule has 4 nitrogen and oxygen atoms in total. The van der Waals surface area contributed by atoms with E-state index in [-0.39, 0.29) is 13.2 Å². The molecule has 0 aliphatic heterocycles. The lowest BCUT2D eigenvalue weighted by Gasteiger charge is -2.29. The van der Waals surface area contributed by atoms with Gasteiger partial charge in [0.15, 0.2) is 0 Å². The topological polar surface area (TPSA) is 49.8 Å². The molecule has 116 valence electrons. The van der Waals surface area contributed by atoms with E-state index in [2.05, 4.69) is 0 Å². The van der Waals surface area contributed by atoms with Crippen molar-refractivity contribution >= 4 is 6.09 Å². The number of hydrogen-bond acceptors (Lipinski definition) is 3. The summed E-state index contributed by atoms with van der Waals surface area (Å²) in [5.41, 5.74) is 0.568. The molecule has 0 aliphatic rings. The van der Waals surface area contributed by atoms with Crippen LogP contribution in [0, 0.1) is 0 Å². The van der Waals surface area contributed by atoms with E-state index in [0.717, 1.165) is 11.1 Å². The Kier molecular flexibility index (Phi) is 5.17. The predicted molar refractivity (Wildman–Crippen MR) is 85.3 cm³/mol. The van der Waals surface area contributed by atoms with E-state index in [9.17, 15) is 9.90 Å². The highest BCUT2D eigenvalue weighted by Crippen LogP contribution is 2.21. The second kappa shape index (κ2) is 7.09. The van der Waals surface area contributed by atoms with Crippen LogP contribution in [0.15, 0.2) is 60.7 Å². The van der Waals surface area contributed by atoms with Crippen molar-refractivity contribution < 1.29 is 14.6 Å². The Morgan fingerprint density at radius 2 is 1.64 bits per heavy atom. The summed E-state index contributed by atoms with van der Waals surface area (Å²) in [7, 11) is 1.62. The summed E-state index contributed by atoms with van der Waals surface area (Å²) in [6.07, 6.45) is -0.458. The number of nitrogens with zero attached hydrogens (tertiary/aromatic N) is 1. The Morgan fingerprint density at radius 3 is 2.23 bits per heavy atom. The van der Waals surface area contributed by atoms with Crippen molar-refractivity contribution in [3.8, 4) is 0 Å². The third kappa shape index (κ3) is 4.33. The second-order valence-corrected chi connectivity index (χ2v) is 5.54. The first-order valence-electron chi connectivity index (χ1n) is 7.19. The Hall–Kier alpha value is -2.33. The summed E-state index contributed by atoms with van der Waals surface area (Å²) in [5.74, 6) is 0. The number of amides is 1. The molecule has 0 bridgehead atoms. The molecule has 0 fully saturated rings. The molecule has 0 saturated carbocycles. The fourth-order valence-corrected chi connectivity index (χ4v) is 2.24. The maximum absolute atomic E-state index is 12.0. The zero-order valence-electron chi connectivity index (χ0n) is 12.9. The third-order valence-electron chi connectivity index (χ3n) is 3.46. The average molecular weight is 299 g/mol. The van der Waals surface area contributed by atoms with Crippen LogP contribution in [0.4, 0.5) is 4.79 Å². The number of hydrogen-bond donors (Lipinski definition) is 1. The van der Waals surface area contributed by atoms with Gasteiger partial charge in [-0.05, 0) is 18.1 Å². The molecule has 4 heteroatoms. The number of aliphatic hydroxyl groups is 1. The molecule has 1 N–H and O–H groups in total. The van der Waals surface area contributed by atoms with Gasteiger partial charge in [-0.1, -0.05) is 60.7 Å². The zero-order valence-corrected chi connectivity index (χ0v) is 12.9. The van der Waals surface area contributed by atoms with Crippen molar-refractivity contribution in [1.29, 1.82) is 0 Å². The van der Waals surface area contributed by atoms with Gasteiger partial charge < -0.3 is 14.7 Å². The van der Waals surface area contributed by atoms with Gasteiger partial charge in [-0.3, -0.25) is 0 Å². The summed E-state index contributed by atoms with van der Waals surface area (Å²) in [6, 6.07) is 18.8. The van der Waals surface area contributed by atoms with Crippen LogP contribution in [0.1, 0.15) is 18.1 Å². The van der Waals surface area contributed by atoms with E-state index >= 15 is 0 Å². The molecular weight excluding hydrogens is 278 g/mol. The SMILES string of the molecule is CN(CC(C)(O)c1ccccc1)C(=O)OCc1ccccc1. The van der Waals surface area contributed by atoms with Gasteiger partial charge in [0.25, 0.3) is 0 Å². The summed E-state index contributed by atoms with van der Waals surface area (Å²) in [5, 5.41) is 10.5. The number of carbonyl (C=O) groups excluding carboxylic acids is 1. The Labute approximate surface area is 131 Å². The van der Waals surface area contributed by atoms with Gasteiger partial charge in [-0.25, -0.2) is 4.79 Å². The first kappa shape index (κ1) is 16.0. The van der Waals surface area contributed by atoms with Crippen LogP contribution in [-0.2, 0) is 16.9 Å². The molecule has 1 amide bonds. The molecule has 22 heavy (non-hydrogen) atoms. The number of ether oxygens (including phenoxy) is 1. The maximum atomic E-state index is 12.0. The van der Waals surface area contributed by atoms with Crippen LogP contribution in [0.3, 0.4) is 0 Å². The largest absolute Gasteiger partial charge is 0.445 e. The summed E-state index contributed by atoms with van der Waals surface area (Å²) >= 11 is 0. The van der Waals surface area contributed by atoms with Crippen LogP contribution >= 0.6 is 0 Å². The molecule has 2 aromatic rings. The van der Waals surface area contributed by atoms with E-state index in [1.807, 2.05) is 60.7 Å². The molecule has 0 saturated heterocycles. The first-order valence-corrected chi connectivity index (χ1v) is 7.19. The van der Waals surface area contributed by atoms with Gasteiger partial charge >= 0.3 is 6.09 Å². The minimum Gasteiger partial charge on any atom is -0.445 e. The van der Waals surface area contributed by atoms with Gasteiger partial charge in [-0.2, -0.15) is 0 Å². The van der Waals surface area contributed by atoms with Crippen molar-refractivity contribution in [2.75, 3.05) is 13.6 Å². The van der Waals surface area contributed by atoms with Gasteiger partial charge in [-0.15, -0.1) is 0 Å². The van der Waals surface area contributed by atoms with Crippen LogP contribution in [-0.4, -0.2) is 29.7 Å². The highest BCUT2D eigenvalue weighted by Gasteiger charge is 2.27. The second-order valence-electron chi connectivity index (χ2n) is 5.54. The van der Waals surface area contributed by atoms with Crippen molar-refractivity contribution in [3.05, 3.63) is 71.8 Å². The fourth-order valence-electron chi connectivity index (χ4n) is 2.24. The lowest BCUT2D eigenvalue weighted by molar-refractivity contribution is 0.0173. The lowest BCUT2D eigenvalue weighted by atomic mass is 9.96. The van der Waals surface area contributed by atoms with Crippen LogP contribution in [0.25, 0.3) is 0 Å². The van der Waals surface area contributed by atoms with Crippen LogP contribution in [0.5, 0.6) is 0 Å². The van der Waals surface area contributed by atoms with Crippen molar-refractivity contribution in [1.82, 2.24) is 4.90 Å². The number of carbonyl (C=O) groups is 1. The maximum Gasteiger partial charge on any atom is 0.409 e. The Balaban J connectivity index is 1.91. The molecule has 0 heterocycles. The highest BCUT2D eigenvalue weighted by molar-refractivity contribution is 5.67. The number of rotatable bonds is 5. The van der Waals surface area contributed by atoms with Gasteiger partial charge in [0.1, 0.15) is 12.2 Å². The molecular formula is C18H21NO3. The van der Waals surface area contributed by atoms with E-state index in [0.29, 0.717) is 0 Å². The molecule has 2 rings (SSSR count). The Morgan fingerprint density at radius 1 is 1.09 bits per heavy atom. The van der Waals surface area contributed by atoms with E-state index in [1.54, 1.807) is 14.0 Å². The third-order valence-corrected chi connectivity index (χ3v) is 3.46. The molecule has 0 aromatic heterocycles. The van der Waals surface area contributed by atoms with E-state index in [1.165, 1.54) is 4.90 Å². The quantitative estimate of drug-likeness (QED) is 0.922. The summed E-state index contributed by atoms with van der Waals surface area (Å²) < 4.78 is 5.25. The lowest BCUT2D eigenvalue weighted by Crippen LogP contribution is -2.40. The average Bonchev–Trinajstić information content (AvgIpc) is 2.54. The number of benzene rings is 2. The highest BCUT2D eigenvalue weighted by atomic mass is 16.6. The predicted octanol–water partition coefficient (Wildman–Crippen LogP) is 3.16. The standard InChI is InChI=1S/C18H21NO3/c1-18(21,16-11-7-4-8-12-16)14-19(2)17(20)22-13-15-9-5-3-6-10-15/h3-12,21H,13-14H2,1-2H3. The van der Waals surface area contributed by atoms with Gasteiger partial charge in [0, 0.05) is 7.05 Å². The summed E-state index contributed by atoms with van der Waals surface area (Å²) in [4.78, 5) is 13.4. The van der Waals surface area contributed by atoms with Crippen molar-refractivity contribution in [2.24, 2.45) is 0 Å². The monoisotopic (exact) mass is 299 g/mol. The van der Waals surface area contributed by atoms with Crippen molar-refractivity contribution in [3.63, 3.8) is 0 Å². The smallest absolute Gasteiger partial charge is 0.409 e. The first-order chi connectivity index (χ1) is 10.5. The molecule has 1 atom stereocenters. The number of likely N-dealkylation sites (N-methyl/N-ethyl adjacent to an activating group) is 1. The molecule has 0 aliphatic carbocycles.